The molecule has 0 saturated carbocycles. The second kappa shape index (κ2) is 5.54. The van der Waals surface area contributed by atoms with Crippen molar-refractivity contribution in [3.05, 3.63) is 28.9 Å². The molecule has 6 nitrogen and oxygen atoms in total. The lowest BCUT2D eigenvalue weighted by Crippen LogP contribution is -2.08. The second-order valence-electron chi connectivity index (χ2n) is 6.89. The number of hydrogen-bond donors (Lipinski definition) is 0. The topological polar surface area (TPSA) is 60.4 Å². The summed E-state index contributed by atoms with van der Waals surface area (Å²) in [6, 6.07) is 0. The molecule has 4 aromatic rings. The smallest absolute Gasteiger partial charge is 0.244 e. The molecule has 0 bridgehead atoms. The van der Waals surface area contributed by atoms with Gasteiger partial charge in [-0.1, -0.05) is 30.8 Å². The van der Waals surface area contributed by atoms with Crippen LogP contribution in [0.5, 0.6) is 0 Å². The minimum Gasteiger partial charge on any atom is -0.244 e. The molecule has 25 heavy (non-hydrogen) atoms. The van der Waals surface area contributed by atoms with E-state index in [1.807, 2.05) is 22.8 Å². The Kier molecular flexibility index (Phi) is 3.40. The Labute approximate surface area is 153 Å². The quantitative estimate of drug-likeness (QED) is 0.406. The van der Waals surface area contributed by atoms with Crippen LogP contribution in [-0.2, 0) is 12.8 Å². The SMILES string of the molecule is C=C(C)CSc1nnc2n3ncnc3c3c4c(sc3n12)C[C@@H](C)CC4. The van der Waals surface area contributed by atoms with Crippen molar-refractivity contribution in [1.82, 2.24) is 29.2 Å². The summed E-state index contributed by atoms with van der Waals surface area (Å²) in [5.41, 5.74) is 3.47. The minimum atomic E-state index is 0.732. The van der Waals surface area contributed by atoms with Gasteiger partial charge in [0.1, 0.15) is 11.2 Å². The standard InChI is InChI=1S/C17H18N6S2/c1-9(2)7-24-17-21-20-16-22(17)15-13(14-18-8-19-23(14)16)11-5-4-10(3)6-12(11)25-15/h8,10H,1,4-7H2,2-3H3/t10-/m0/s1. The van der Waals surface area contributed by atoms with Crippen molar-refractivity contribution in [2.45, 2.75) is 38.3 Å². The molecule has 4 heterocycles. The van der Waals surface area contributed by atoms with Crippen LogP contribution < -0.4 is 0 Å². The van der Waals surface area contributed by atoms with Crippen molar-refractivity contribution in [2.75, 3.05) is 5.75 Å². The van der Waals surface area contributed by atoms with Gasteiger partial charge in [-0.3, -0.25) is 0 Å². The Morgan fingerprint density at radius 2 is 2.32 bits per heavy atom. The molecular formula is C17H18N6S2. The normalized spacial score (nSPS) is 17.6. The van der Waals surface area contributed by atoms with Crippen LogP contribution in [0.25, 0.3) is 21.6 Å². The maximum atomic E-state index is 4.54. The molecule has 0 spiro atoms. The Hall–Kier alpha value is -1.93. The zero-order chi connectivity index (χ0) is 17.1. The summed E-state index contributed by atoms with van der Waals surface area (Å²) in [6.45, 7) is 8.37. The monoisotopic (exact) mass is 370 g/mol. The van der Waals surface area contributed by atoms with Gasteiger partial charge in [-0.2, -0.15) is 9.61 Å². The van der Waals surface area contributed by atoms with E-state index in [9.17, 15) is 0 Å². The van der Waals surface area contributed by atoms with Crippen LogP contribution in [0.1, 0.15) is 30.7 Å². The molecule has 0 radical (unpaired) electrons. The van der Waals surface area contributed by atoms with Crippen molar-refractivity contribution in [3.8, 4) is 0 Å². The predicted molar refractivity (Wildman–Crippen MR) is 102 cm³/mol. The number of thioether (sulfide) groups is 1. The first-order chi connectivity index (χ1) is 12.1. The third kappa shape index (κ3) is 2.23. The molecule has 0 amide bonds. The largest absolute Gasteiger partial charge is 0.260 e. The highest BCUT2D eigenvalue weighted by molar-refractivity contribution is 7.99. The van der Waals surface area contributed by atoms with E-state index >= 15 is 0 Å². The van der Waals surface area contributed by atoms with E-state index in [0.29, 0.717) is 0 Å². The van der Waals surface area contributed by atoms with Crippen LogP contribution in [0, 0.1) is 5.92 Å². The lowest BCUT2D eigenvalue weighted by molar-refractivity contribution is 0.509. The molecule has 1 atom stereocenters. The Balaban J connectivity index is 1.86. The number of fused-ring (bicyclic) bond motifs is 8. The molecule has 1 aliphatic rings. The van der Waals surface area contributed by atoms with E-state index < -0.39 is 0 Å². The molecule has 5 rings (SSSR count). The van der Waals surface area contributed by atoms with Gasteiger partial charge in [0.15, 0.2) is 10.8 Å². The summed E-state index contributed by atoms with van der Waals surface area (Å²) in [6.07, 6.45) is 5.10. The lowest BCUT2D eigenvalue weighted by Gasteiger charge is -2.17. The van der Waals surface area contributed by atoms with Crippen LogP contribution >= 0.6 is 23.1 Å². The number of thiophene rings is 1. The fourth-order valence-corrected chi connectivity index (χ4v) is 5.88. The summed E-state index contributed by atoms with van der Waals surface area (Å²) < 4.78 is 3.98. The molecule has 0 saturated heterocycles. The van der Waals surface area contributed by atoms with Crippen LogP contribution in [0.15, 0.2) is 23.6 Å². The first-order valence-corrected chi connectivity index (χ1v) is 10.2. The Bertz CT molecular complexity index is 1130. The van der Waals surface area contributed by atoms with E-state index in [4.69, 9.17) is 0 Å². The van der Waals surface area contributed by atoms with Gasteiger partial charge in [0.05, 0.1) is 5.39 Å². The van der Waals surface area contributed by atoms with Crippen molar-refractivity contribution in [3.63, 3.8) is 0 Å². The van der Waals surface area contributed by atoms with Crippen molar-refractivity contribution >= 4 is 44.7 Å². The number of aromatic nitrogens is 6. The molecule has 8 heteroatoms. The van der Waals surface area contributed by atoms with Crippen LogP contribution in [0.4, 0.5) is 0 Å². The average molecular weight is 371 g/mol. The Morgan fingerprint density at radius 1 is 1.44 bits per heavy atom. The Morgan fingerprint density at radius 3 is 3.16 bits per heavy atom. The number of nitrogens with zero attached hydrogens (tertiary/aromatic N) is 6. The molecular weight excluding hydrogens is 352 g/mol. The van der Waals surface area contributed by atoms with Crippen molar-refractivity contribution < 1.29 is 0 Å². The number of hydrogen-bond acceptors (Lipinski definition) is 6. The highest BCUT2D eigenvalue weighted by Crippen LogP contribution is 2.40. The molecule has 0 fully saturated rings. The fourth-order valence-electron chi connectivity index (χ4n) is 3.54. The maximum Gasteiger partial charge on any atom is 0.260 e. The third-order valence-electron chi connectivity index (χ3n) is 4.72. The van der Waals surface area contributed by atoms with E-state index in [1.54, 1.807) is 18.1 Å². The molecule has 0 N–H and O–H groups in total. The summed E-state index contributed by atoms with van der Waals surface area (Å²) >= 11 is 3.54. The first-order valence-electron chi connectivity index (χ1n) is 8.41. The summed E-state index contributed by atoms with van der Waals surface area (Å²) in [7, 11) is 0. The van der Waals surface area contributed by atoms with E-state index in [0.717, 1.165) is 46.7 Å². The maximum absolute atomic E-state index is 4.54. The van der Waals surface area contributed by atoms with Gasteiger partial charge in [-0.05, 0) is 37.7 Å². The molecule has 0 aromatic carbocycles. The average Bonchev–Trinajstić information content (AvgIpc) is 3.27. The molecule has 4 aromatic heterocycles. The summed E-state index contributed by atoms with van der Waals surface area (Å²) in [4.78, 5) is 7.22. The van der Waals surface area contributed by atoms with Gasteiger partial charge in [0.2, 0.25) is 0 Å². The predicted octanol–water partition coefficient (Wildman–Crippen LogP) is 3.78. The van der Waals surface area contributed by atoms with E-state index in [2.05, 4.69) is 38.2 Å². The zero-order valence-corrected chi connectivity index (χ0v) is 15.8. The third-order valence-corrected chi connectivity index (χ3v) is 7.12. The van der Waals surface area contributed by atoms with Crippen LogP contribution in [-0.4, -0.2) is 34.9 Å². The van der Waals surface area contributed by atoms with E-state index in [-0.39, 0.29) is 0 Å². The van der Waals surface area contributed by atoms with Crippen molar-refractivity contribution in [2.24, 2.45) is 5.92 Å². The number of rotatable bonds is 3. The van der Waals surface area contributed by atoms with Crippen LogP contribution in [0.3, 0.4) is 0 Å². The zero-order valence-electron chi connectivity index (χ0n) is 14.2. The van der Waals surface area contributed by atoms with Gasteiger partial charge in [0, 0.05) is 10.6 Å². The number of aryl methyl sites for hydroxylation is 1. The minimum absolute atomic E-state index is 0.732. The lowest BCUT2D eigenvalue weighted by atomic mass is 9.89. The highest BCUT2D eigenvalue weighted by Gasteiger charge is 2.26. The van der Waals surface area contributed by atoms with Crippen molar-refractivity contribution in [1.29, 1.82) is 0 Å². The summed E-state index contributed by atoms with van der Waals surface area (Å²) in [5, 5.41) is 15.4. The van der Waals surface area contributed by atoms with Gasteiger partial charge >= 0.3 is 0 Å². The molecule has 0 aliphatic heterocycles. The first kappa shape index (κ1) is 15.3. The van der Waals surface area contributed by atoms with Gasteiger partial charge < -0.3 is 0 Å². The molecule has 1 aliphatic carbocycles. The molecule has 0 unspecified atom stereocenters. The van der Waals surface area contributed by atoms with Crippen LogP contribution in [0.2, 0.25) is 0 Å². The van der Waals surface area contributed by atoms with Gasteiger partial charge in [-0.25, -0.2) is 9.38 Å². The highest BCUT2D eigenvalue weighted by atomic mass is 32.2. The van der Waals surface area contributed by atoms with Gasteiger partial charge in [0.25, 0.3) is 5.78 Å². The fraction of sp³-hybridized carbons (Fsp3) is 0.412. The van der Waals surface area contributed by atoms with Gasteiger partial charge in [-0.15, -0.1) is 21.5 Å². The summed E-state index contributed by atoms with van der Waals surface area (Å²) in [5.74, 6) is 2.30. The molecule has 128 valence electrons. The second-order valence-corrected chi connectivity index (χ2v) is 8.92. The van der Waals surface area contributed by atoms with E-state index in [1.165, 1.54) is 27.1 Å².